The highest BCUT2D eigenvalue weighted by atomic mass is 19.1. The van der Waals surface area contributed by atoms with E-state index in [0.29, 0.717) is 18.0 Å². The first-order valence-corrected chi connectivity index (χ1v) is 12.3. The molecule has 35 heavy (non-hydrogen) atoms. The number of rotatable bonds is 11. The van der Waals surface area contributed by atoms with Crippen LogP contribution in [-0.2, 0) is 17.6 Å². The van der Waals surface area contributed by atoms with Gasteiger partial charge in [0, 0.05) is 44.4 Å². The van der Waals surface area contributed by atoms with Gasteiger partial charge < -0.3 is 25.7 Å². The highest BCUT2D eigenvalue weighted by molar-refractivity contribution is 5.73. The van der Waals surface area contributed by atoms with E-state index in [1.54, 1.807) is 0 Å². The number of benzene rings is 2. The number of halogens is 2. The van der Waals surface area contributed by atoms with Crippen LogP contribution in [0.4, 0.5) is 14.5 Å². The van der Waals surface area contributed by atoms with Crippen LogP contribution in [0, 0.1) is 17.6 Å². The zero-order valence-corrected chi connectivity index (χ0v) is 20.7. The minimum absolute atomic E-state index is 0.00806. The topological polar surface area (TPSA) is 84.8 Å². The van der Waals surface area contributed by atoms with Gasteiger partial charge in [-0.05, 0) is 60.1 Å². The molecule has 1 aliphatic heterocycles. The normalized spacial score (nSPS) is 17.3. The van der Waals surface area contributed by atoms with Gasteiger partial charge in [-0.3, -0.25) is 4.79 Å². The fourth-order valence-corrected chi connectivity index (χ4v) is 4.83. The number of hydrogen-bond donors (Lipinski definition) is 4. The molecule has 0 radical (unpaired) electrons. The van der Waals surface area contributed by atoms with Gasteiger partial charge in [-0.2, -0.15) is 0 Å². The molecule has 192 valence electrons. The zero-order valence-electron chi connectivity index (χ0n) is 20.7. The first-order chi connectivity index (χ1) is 16.7. The molecular formula is C27H37F2N3O3. The molecule has 0 unspecified atom stereocenters. The predicted octanol–water partition coefficient (Wildman–Crippen LogP) is 3.10. The molecule has 4 N–H and O–H groups in total. The van der Waals surface area contributed by atoms with E-state index >= 15 is 0 Å². The molecule has 1 amide bonds. The summed E-state index contributed by atoms with van der Waals surface area (Å²) in [7, 11) is 0. The van der Waals surface area contributed by atoms with Gasteiger partial charge in [0.05, 0.1) is 18.8 Å². The Bertz CT molecular complexity index is 981. The summed E-state index contributed by atoms with van der Waals surface area (Å²) in [5.41, 5.74) is 3.79. The lowest BCUT2D eigenvalue weighted by atomic mass is 9.91. The first-order valence-electron chi connectivity index (χ1n) is 12.3. The minimum Gasteiger partial charge on any atom is -0.395 e. The Morgan fingerprint density at radius 1 is 1.11 bits per heavy atom. The number of β-amino-alcohol motifs (C(OH)–C–C–N with tert-alkyl or cyclic N) is 1. The Balaban J connectivity index is 1.75. The average Bonchev–Trinajstić information content (AvgIpc) is 2.76. The maximum Gasteiger partial charge on any atom is 0.217 e. The van der Waals surface area contributed by atoms with Gasteiger partial charge in [-0.15, -0.1) is 0 Å². The molecule has 0 aromatic heterocycles. The van der Waals surface area contributed by atoms with Crippen molar-refractivity contribution in [2.24, 2.45) is 5.92 Å². The fraction of sp³-hybridized carbons (Fsp3) is 0.519. The Hall–Kier alpha value is -2.55. The van der Waals surface area contributed by atoms with Crippen molar-refractivity contribution in [1.82, 2.24) is 10.6 Å². The number of aliphatic hydroxyl groups excluding tert-OH is 2. The number of amides is 1. The summed E-state index contributed by atoms with van der Waals surface area (Å²) in [5, 5.41) is 26.6. The van der Waals surface area contributed by atoms with Crippen LogP contribution in [0.25, 0.3) is 0 Å². The van der Waals surface area contributed by atoms with E-state index in [0.717, 1.165) is 36.7 Å². The number of hydrogen-bond acceptors (Lipinski definition) is 5. The summed E-state index contributed by atoms with van der Waals surface area (Å²) >= 11 is 0. The van der Waals surface area contributed by atoms with E-state index < -0.39 is 23.8 Å². The molecule has 2 aromatic carbocycles. The van der Waals surface area contributed by atoms with Crippen molar-refractivity contribution in [2.45, 2.75) is 58.2 Å². The quantitative estimate of drug-likeness (QED) is 0.390. The SMILES string of the molecule is CC(=O)N[C@@H](Cc1cc(F)cc(F)c1)[C@@H](O)CN[C@H]1CCN(CCO)c2ccc(CC(C)C)cc21. The van der Waals surface area contributed by atoms with Crippen molar-refractivity contribution < 1.29 is 23.8 Å². The van der Waals surface area contributed by atoms with E-state index in [1.807, 2.05) is 0 Å². The summed E-state index contributed by atoms with van der Waals surface area (Å²) in [6.45, 7) is 7.29. The standard InChI is InChI=1S/C27H37F2N3O3/c1-17(2)10-19-4-5-26-23(13-19)24(6-7-32(26)8-9-33)30-16-27(35)25(31-18(3)34)14-20-11-21(28)15-22(29)12-20/h4-5,11-13,15,17,24-25,27,30,33,35H,6-10,14,16H2,1-3H3,(H,31,34)/t24-,25-,27-/m0/s1. The van der Waals surface area contributed by atoms with Gasteiger partial charge in [-0.25, -0.2) is 8.78 Å². The average molecular weight is 490 g/mol. The van der Waals surface area contributed by atoms with Crippen LogP contribution < -0.4 is 15.5 Å². The lowest BCUT2D eigenvalue weighted by Crippen LogP contribution is -2.49. The molecular weight excluding hydrogens is 452 g/mol. The van der Waals surface area contributed by atoms with Crippen LogP contribution in [0.1, 0.15) is 49.9 Å². The Kier molecular flexibility index (Phi) is 9.60. The van der Waals surface area contributed by atoms with Crippen LogP contribution in [-0.4, -0.2) is 54.5 Å². The predicted molar refractivity (Wildman–Crippen MR) is 133 cm³/mol. The summed E-state index contributed by atoms with van der Waals surface area (Å²) < 4.78 is 27.3. The fourth-order valence-electron chi connectivity index (χ4n) is 4.83. The molecule has 3 rings (SSSR count). The number of fused-ring (bicyclic) bond motifs is 1. The number of nitrogens with zero attached hydrogens (tertiary/aromatic N) is 1. The van der Waals surface area contributed by atoms with Crippen molar-refractivity contribution in [3.8, 4) is 0 Å². The third-order valence-electron chi connectivity index (χ3n) is 6.31. The lowest BCUT2D eigenvalue weighted by molar-refractivity contribution is -0.120. The van der Waals surface area contributed by atoms with E-state index in [1.165, 1.54) is 24.6 Å². The Morgan fingerprint density at radius 2 is 1.83 bits per heavy atom. The second-order valence-electron chi connectivity index (χ2n) is 9.81. The number of aliphatic hydroxyl groups is 2. The smallest absolute Gasteiger partial charge is 0.217 e. The number of anilines is 1. The molecule has 6 nitrogen and oxygen atoms in total. The molecule has 1 aliphatic rings. The molecule has 0 aliphatic carbocycles. The molecule has 3 atom stereocenters. The Labute approximate surface area is 206 Å². The summed E-state index contributed by atoms with van der Waals surface area (Å²) in [4.78, 5) is 13.9. The molecule has 0 spiro atoms. The molecule has 0 fully saturated rings. The molecule has 2 aromatic rings. The van der Waals surface area contributed by atoms with Crippen LogP contribution in [0.3, 0.4) is 0 Å². The molecule has 8 heteroatoms. The first kappa shape index (κ1) is 27.0. The third-order valence-corrected chi connectivity index (χ3v) is 6.31. The molecule has 1 heterocycles. The maximum absolute atomic E-state index is 13.7. The second kappa shape index (κ2) is 12.4. The molecule has 0 saturated carbocycles. The van der Waals surface area contributed by atoms with Gasteiger partial charge in [0.15, 0.2) is 0 Å². The van der Waals surface area contributed by atoms with Crippen molar-refractivity contribution in [3.63, 3.8) is 0 Å². The van der Waals surface area contributed by atoms with Crippen molar-refractivity contribution in [3.05, 3.63) is 64.7 Å². The van der Waals surface area contributed by atoms with E-state index in [-0.39, 0.29) is 31.5 Å². The summed E-state index contributed by atoms with van der Waals surface area (Å²) in [6, 6.07) is 8.93. The van der Waals surface area contributed by atoms with Crippen LogP contribution >= 0.6 is 0 Å². The van der Waals surface area contributed by atoms with Crippen LogP contribution in [0.15, 0.2) is 36.4 Å². The van der Waals surface area contributed by atoms with Gasteiger partial charge >= 0.3 is 0 Å². The highest BCUT2D eigenvalue weighted by Crippen LogP contribution is 2.35. The number of nitrogens with one attached hydrogen (secondary N) is 2. The zero-order chi connectivity index (χ0) is 25.5. The van der Waals surface area contributed by atoms with Gasteiger partial charge in [0.25, 0.3) is 0 Å². The van der Waals surface area contributed by atoms with E-state index in [4.69, 9.17) is 0 Å². The van der Waals surface area contributed by atoms with Gasteiger partial charge in [0.1, 0.15) is 11.6 Å². The largest absolute Gasteiger partial charge is 0.395 e. The molecule has 0 bridgehead atoms. The van der Waals surface area contributed by atoms with Crippen molar-refractivity contribution in [2.75, 3.05) is 31.1 Å². The monoisotopic (exact) mass is 489 g/mol. The summed E-state index contributed by atoms with van der Waals surface area (Å²) in [5.74, 6) is -1.20. The third kappa shape index (κ3) is 7.72. The van der Waals surface area contributed by atoms with Gasteiger partial charge in [0.2, 0.25) is 5.91 Å². The van der Waals surface area contributed by atoms with Crippen LogP contribution in [0.2, 0.25) is 0 Å². The maximum atomic E-state index is 13.7. The Morgan fingerprint density at radius 3 is 2.46 bits per heavy atom. The number of carbonyl (C=O) groups is 1. The second-order valence-corrected chi connectivity index (χ2v) is 9.81. The minimum atomic E-state index is -0.969. The van der Waals surface area contributed by atoms with E-state index in [9.17, 15) is 23.8 Å². The molecule has 0 saturated heterocycles. The van der Waals surface area contributed by atoms with Crippen LogP contribution in [0.5, 0.6) is 0 Å². The van der Waals surface area contributed by atoms with E-state index in [2.05, 4.69) is 47.6 Å². The highest BCUT2D eigenvalue weighted by Gasteiger charge is 2.27. The van der Waals surface area contributed by atoms with Crippen molar-refractivity contribution >= 4 is 11.6 Å². The van der Waals surface area contributed by atoms with Gasteiger partial charge in [-0.1, -0.05) is 26.0 Å². The van der Waals surface area contributed by atoms with Crippen molar-refractivity contribution in [1.29, 1.82) is 0 Å². The number of carbonyl (C=O) groups excluding carboxylic acids is 1. The summed E-state index contributed by atoms with van der Waals surface area (Å²) in [6.07, 6.45) is 0.881. The lowest BCUT2D eigenvalue weighted by Gasteiger charge is -2.37.